The molecular formula is C4H8ClO3P. The summed E-state index contributed by atoms with van der Waals surface area (Å²) in [5, 5.41) is -0.564. The fourth-order valence-corrected chi connectivity index (χ4v) is 1.14. The minimum absolute atomic E-state index is 0.0185. The van der Waals surface area contributed by atoms with Crippen molar-refractivity contribution in [2.75, 3.05) is 12.8 Å². The van der Waals surface area contributed by atoms with Crippen molar-refractivity contribution in [1.29, 1.82) is 0 Å². The zero-order valence-electron chi connectivity index (χ0n) is 5.00. The van der Waals surface area contributed by atoms with Gasteiger partial charge in [0.15, 0.2) is 7.37 Å². The molecule has 5 heteroatoms. The standard InChI is InChI=1S/C4H8ClO3P/c1-9(7,8)3-2-4(5)6/h2-3H2,1H3,(H,7,8). The first-order chi connectivity index (χ1) is 3.92. The highest BCUT2D eigenvalue weighted by Gasteiger charge is 2.10. The highest BCUT2D eigenvalue weighted by atomic mass is 35.5. The van der Waals surface area contributed by atoms with Gasteiger partial charge in [-0.25, -0.2) is 0 Å². The quantitative estimate of drug-likeness (QED) is 0.509. The van der Waals surface area contributed by atoms with Crippen LogP contribution < -0.4 is 0 Å². The molecule has 1 atom stereocenters. The average molecular weight is 171 g/mol. The molecule has 0 saturated carbocycles. The second kappa shape index (κ2) is 3.35. The third-order valence-corrected chi connectivity index (χ3v) is 1.97. The second-order valence-electron chi connectivity index (χ2n) is 1.88. The van der Waals surface area contributed by atoms with E-state index in [0.29, 0.717) is 0 Å². The van der Waals surface area contributed by atoms with E-state index in [9.17, 15) is 9.36 Å². The van der Waals surface area contributed by atoms with Crippen molar-refractivity contribution in [1.82, 2.24) is 0 Å². The minimum Gasteiger partial charge on any atom is -0.344 e. The maximum Gasteiger partial charge on any atom is 0.222 e. The van der Waals surface area contributed by atoms with E-state index in [1.54, 1.807) is 0 Å². The fourth-order valence-electron chi connectivity index (χ4n) is 0.295. The van der Waals surface area contributed by atoms with Gasteiger partial charge < -0.3 is 4.89 Å². The normalized spacial score (nSPS) is 16.8. The lowest BCUT2D eigenvalue weighted by Gasteiger charge is -1.99. The van der Waals surface area contributed by atoms with Crippen molar-refractivity contribution >= 4 is 24.2 Å². The Labute approximate surface area is 58.5 Å². The van der Waals surface area contributed by atoms with Gasteiger partial charge in [-0.2, -0.15) is 0 Å². The van der Waals surface area contributed by atoms with E-state index in [-0.39, 0.29) is 12.6 Å². The van der Waals surface area contributed by atoms with Crippen LogP contribution in [0, 0.1) is 0 Å². The summed E-state index contributed by atoms with van der Waals surface area (Å²) < 4.78 is 10.5. The maximum atomic E-state index is 10.5. The predicted molar refractivity (Wildman–Crippen MR) is 36.1 cm³/mol. The molecule has 54 valence electrons. The average Bonchev–Trinajstić information content (AvgIpc) is 1.59. The van der Waals surface area contributed by atoms with E-state index in [2.05, 4.69) is 0 Å². The lowest BCUT2D eigenvalue weighted by molar-refractivity contribution is -0.111. The van der Waals surface area contributed by atoms with E-state index in [1.807, 2.05) is 0 Å². The fraction of sp³-hybridized carbons (Fsp3) is 0.750. The van der Waals surface area contributed by atoms with E-state index in [0.717, 1.165) is 0 Å². The molecule has 1 N–H and O–H groups in total. The highest BCUT2D eigenvalue weighted by molar-refractivity contribution is 7.57. The third kappa shape index (κ3) is 8.15. The Morgan fingerprint density at radius 1 is 1.78 bits per heavy atom. The van der Waals surface area contributed by atoms with Crippen LogP contribution in [0.3, 0.4) is 0 Å². The lowest BCUT2D eigenvalue weighted by atomic mass is 10.6. The van der Waals surface area contributed by atoms with E-state index < -0.39 is 12.6 Å². The van der Waals surface area contributed by atoms with Gasteiger partial charge in [0.1, 0.15) is 0 Å². The van der Waals surface area contributed by atoms with Crippen LogP contribution in [0.25, 0.3) is 0 Å². The van der Waals surface area contributed by atoms with Crippen molar-refractivity contribution in [3.8, 4) is 0 Å². The summed E-state index contributed by atoms with van der Waals surface area (Å²) in [7, 11) is -3.02. The lowest BCUT2D eigenvalue weighted by Crippen LogP contribution is -1.92. The smallest absolute Gasteiger partial charge is 0.222 e. The molecule has 0 fully saturated rings. The van der Waals surface area contributed by atoms with Gasteiger partial charge >= 0.3 is 0 Å². The first-order valence-corrected chi connectivity index (χ1v) is 5.06. The summed E-state index contributed by atoms with van der Waals surface area (Å²) in [6, 6.07) is 0. The molecule has 3 nitrogen and oxygen atoms in total. The number of rotatable bonds is 3. The molecule has 0 amide bonds. The van der Waals surface area contributed by atoms with Crippen molar-refractivity contribution < 1.29 is 14.3 Å². The van der Waals surface area contributed by atoms with Gasteiger partial charge in [0.25, 0.3) is 0 Å². The number of hydrogen-bond acceptors (Lipinski definition) is 2. The molecule has 0 saturated heterocycles. The topological polar surface area (TPSA) is 54.4 Å². The Morgan fingerprint density at radius 3 is 2.33 bits per heavy atom. The first-order valence-electron chi connectivity index (χ1n) is 2.39. The molecule has 0 aromatic rings. The Hall–Kier alpha value is 0.150. The first kappa shape index (κ1) is 9.15. The molecule has 0 spiro atoms. The molecule has 0 radical (unpaired) electrons. The van der Waals surface area contributed by atoms with Gasteiger partial charge in [-0.15, -0.1) is 0 Å². The molecule has 0 bridgehead atoms. The number of carbonyl (C=O) groups excluding carboxylic acids is 1. The van der Waals surface area contributed by atoms with Gasteiger partial charge in [0.05, 0.1) is 0 Å². The van der Waals surface area contributed by atoms with Gasteiger partial charge in [-0.05, 0) is 11.6 Å². The minimum atomic E-state index is -3.02. The number of carbonyl (C=O) groups is 1. The summed E-state index contributed by atoms with van der Waals surface area (Å²) in [5.41, 5.74) is 0. The summed E-state index contributed by atoms with van der Waals surface area (Å²) in [6.45, 7) is 1.20. The molecule has 0 heterocycles. The van der Waals surface area contributed by atoms with Crippen molar-refractivity contribution in [3.63, 3.8) is 0 Å². The van der Waals surface area contributed by atoms with E-state index >= 15 is 0 Å². The molecule has 0 aliphatic carbocycles. The molecule has 0 rings (SSSR count). The Kier molecular flexibility index (Phi) is 3.41. The molecule has 0 aliphatic heterocycles. The van der Waals surface area contributed by atoms with Crippen LogP contribution in [-0.4, -0.2) is 23.0 Å². The molecule has 9 heavy (non-hydrogen) atoms. The third-order valence-electron chi connectivity index (χ3n) is 0.723. The molecule has 1 unspecified atom stereocenters. The van der Waals surface area contributed by atoms with Crippen LogP contribution in [0.1, 0.15) is 6.42 Å². The van der Waals surface area contributed by atoms with Gasteiger partial charge in [-0.3, -0.25) is 9.36 Å². The van der Waals surface area contributed by atoms with Gasteiger partial charge in [0.2, 0.25) is 5.24 Å². The summed E-state index contributed by atoms with van der Waals surface area (Å²) in [5.74, 6) is 0. The van der Waals surface area contributed by atoms with E-state index in [4.69, 9.17) is 16.5 Å². The van der Waals surface area contributed by atoms with Crippen molar-refractivity contribution in [2.24, 2.45) is 0 Å². The second-order valence-corrected chi connectivity index (χ2v) is 4.85. The SMILES string of the molecule is CP(=O)(O)CCC(=O)Cl. The molecule has 0 aliphatic rings. The van der Waals surface area contributed by atoms with Crippen molar-refractivity contribution in [2.45, 2.75) is 6.42 Å². The molecular weight excluding hydrogens is 162 g/mol. The summed E-state index contributed by atoms with van der Waals surface area (Å²) >= 11 is 4.91. The predicted octanol–water partition coefficient (Wildman–Crippen LogP) is 1.04. The Bertz CT molecular complexity index is 150. The van der Waals surface area contributed by atoms with E-state index in [1.165, 1.54) is 6.66 Å². The van der Waals surface area contributed by atoms with Crippen LogP contribution in [-0.2, 0) is 9.36 Å². The Morgan fingerprint density at radius 2 is 2.22 bits per heavy atom. The number of hydrogen-bond donors (Lipinski definition) is 1. The van der Waals surface area contributed by atoms with Gasteiger partial charge in [0, 0.05) is 19.2 Å². The summed E-state index contributed by atoms with van der Waals surface area (Å²) in [4.78, 5) is 18.6. The monoisotopic (exact) mass is 170 g/mol. The van der Waals surface area contributed by atoms with Crippen LogP contribution in [0.5, 0.6) is 0 Å². The highest BCUT2D eigenvalue weighted by Crippen LogP contribution is 2.35. The summed E-state index contributed by atoms with van der Waals surface area (Å²) in [6.07, 6.45) is -0.0405. The van der Waals surface area contributed by atoms with Crippen LogP contribution in [0.4, 0.5) is 0 Å². The Balaban J connectivity index is 3.53. The van der Waals surface area contributed by atoms with Gasteiger partial charge in [-0.1, -0.05) is 0 Å². The molecule has 0 aromatic carbocycles. The largest absolute Gasteiger partial charge is 0.344 e. The zero-order valence-corrected chi connectivity index (χ0v) is 6.65. The van der Waals surface area contributed by atoms with Crippen LogP contribution in [0.15, 0.2) is 0 Å². The van der Waals surface area contributed by atoms with Crippen molar-refractivity contribution in [3.05, 3.63) is 0 Å². The maximum absolute atomic E-state index is 10.5. The molecule has 0 aromatic heterocycles. The zero-order chi connectivity index (χ0) is 7.49. The van der Waals surface area contributed by atoms with Crippen LogP contribution in [0.2, 0.25) is 0 Å². The van der Waals surface area contributed by atoms with Crippen LogP contribution >= 0.6 is 19.0 Å². The number of halogens is 1.